The van der Waals surface area contributed by atoms with Crippen molar-refractivity contribution in [2.24, 2.45) is 0 Å². The van der Waals surface area contributed by atoms with Gasteiger partial charge in [0.05, 0.1) is 0 Å². The van der Waals surface area contributed by atoms with Gasteiger partial charge in [-0.05, 0) is 38.6 Å². The van der Waals surface area contributed by atoms with Crippen molar-refractivity contribution in [3.63, 3.8) is 0 Å². The zero-order valence-corrected chi connectivity index (χ0v) is 13.0. The molecule has 6 heteroatoms. The predicted molar refractivity (Wildman–Crippen MR) is 80.9 cm³/mol. The molecular formula is C14H26ClN3O2. The molecule has 2 atom stereocenters. The first-order chi connectivity index (χ1) is 9.22. The van der Waals surface area contributed by atoms with Crippen molar-refractivity contribution in [3.05, 3.63) is 0 Å². The fraction of sp³-hybridized carbons (Fsp3) is 0.857. The zero-order valence-electron chi connectivity index (χ0n) is 12.2. The lowest BCUT2D eigenvalue weighted by molar-refractivity contribution is -0.142. The number of carbonyl (C=O) groups is 2. The van der Waals surface area contributed by atoms with Crippen LogP contribution in [0, 0.1) is 0 Å². The molecule has 2 unspecified atom stereocenters. The monoisotopic (exact) mass is 303 g/mol. The highest BCUT2D eigenvalue weighted by atomic mass is 35.5. The number of hydrogen-bond acceptors (Lipinski definition) is 3. The molecule has 0 aromatic rings. The van der Waals surface area contributed by atoms with E-state index < -0.39 is 0 Å². The average Bonchev–Trinajstić information content (AvgIpc) is 2.47. The van der Waals surface area contributed by atoms with Gasteiger partial charge in [-0.1, -0.05) is 6.92 Å². The van der Waals surface area contributed by atoms with Crippen molar-refractivity contribution in [1.29, 1.82) is 0 Å². The molecule has 0 aromatic heterocycles. The molecule has 2 saturated heterocycles. The minimum Gasteiger partial charge on any atom is -0.350 e. The molecule has 0 radical (unpaired) electrons. The largest absolute Gasteiger partial charge is 0.350 e. The first kappa shape index (κ1) is 17.2. The molecule has 5 nitrogen and oxygen atoms in total. The van der Waals surface area contributed by atoms with E-state index >= 15 is 0 Å². The van der Waals surface area contributed by atoms with Crippen LogP contribution in [0.5, 0.6) is 0 Å². The van der Waals surface area contributed by atoms with Crippen molar-refractivity contribution in [2.75, 3.05) is 19.6 Å². The number of carbonyl (C=O) groups excluding carboxylic acids is 2. The number of likely N-dealkylation sites (tertiary alicyclic amines) is 1. The Morgan fingerprint density at radius 3 is 2.70 bits per heavy atom. The fourth-order valence-corrected chi connectivity index (χ4v) is 2.98. The number of rotatable bonds is 3. The van der Waals surface area contributed by atoms with E-state index in [1.165, 1.54) is 0 Å². The topological polar surface area (TPSA) is 61.4 Å². The summed E-state index contributed by atoms with van der Waals surface area (Å²) in [5, 5.41) is 6.40. The van der Waals surface area contributed by atoms with Crippen molar-refractivity contribution in [3.8, 4) is 0 Å². The van der Waals surface area contributed by atoms with Crippen molar-refractivity contribution >= 4 is 24.2 Å². The normalized spacial score (nSPS) is 26.6. The van der Waals surface area contributed by atoms with E-state index in [0.29, 0.717) is 6.42 Å². The SMILES string of the molecule is CCC(=O)N1CCCCC1C(=O)NC1CCCNC1.Cl. The van der Waals surface area contributed by atoms with Crippen LogP contribution in [0.4, 0.5) is 0 Å². The van der Waals surface area contributed by atoms with E-state index in [0.717, 1.165) is 51.7 Å². The van der Waals surface area contributed by atoms with Gasteiger partial charge in [-0.2, -0.15) is 0 Å². The minimum atomic E-state index is -0.247. The molecule has 0 spiro atoms. The molecule has 2 heterocycles. The van der Waals surface area contributed by atoms with Crippen molar-refractivity contribution in [2.45, 2.75) is 57.5 Å². The molecule has 20 heavy (non-hydrogen) atoms. The standard InChI is InChI=1S/C14H25N3O2.ClH/c1-2-13(18)17-9-4-3-7-12(17)14(19)16-11-6-5-8-15-10-11;/h11-12,15H,2-10H2,1H3,(H,16,19);1H. The van der Waals surface area contributed by atoms with Crippen molar-refractivity contribution < 1.29 is 9.59 Å². The van der Waals surface area contributed by atoms with Gasteiger partial charge in [0.15, 0.2) is 0 Å². The van der Waals surface area contributed by atoms with Gasteiger partial charge in [0.25, 0.3) is 0 Å². The third-order valence-corrected chi connectivity index (χ3v) is 4.07. The fourth-order valence-electron chi connectivity index (χ4n) is 2.98. The summed E-state index contributed by atoms with van der Waals surface area (Å²) in [7, 11) is 0. The van der Waals surface area contributed by atoms with Crippen LogP contribution in [0.25, 0.3) is 0 Å². The molecule has 0 aliphatic carbocycles. The summed E-state index contributed by atoms with van der Waals surface area (Å²) in [6.07, 6.45) is 5.47. The van der Waals surface area contributed by atoms with Gasteiger partial charge < -0.3 is 15.5 Å². The van der Waals surface area contributed by atoms with Crippen LogP contribution in [0.2, 0.25) is 0 Å². The lowest BCUT2D eigenvalue weighted by Crippen LogP contribution is -2.55. The second-order valence-corrected chi connectivity index (χ2v) is 5.50. The van der Waals surface area contributed by atoms with E-state index in [2.05, 4.69) is 10.6 Å². The van der Waals surface area contributed by atoms with E-state index in [1.807, 2.05) is 6.92 Å². The van der Waals surface area contributed by atoms with Gasteiger partial charge in [0, 0.05) is 25.6 Å². The summed E-state index contributed by atoms with van der Waals surface area (Å²) in [6.45, 7) is 4.47. The molecule has 2 amide bonds. The lowest BCUT2D eigenvalue weighted by atomic mass is 9.99. The maximum absolute atomic E-state index is 12.4. The van der Waals surface area contributed by atoms with E-state index in [-0.39, 0.29) is 36.3 Å². The van der Waals surface area contributed by atoms with Crippen LogP contribution >= 0.6 is 12.4 Å². The molecule has 2 rings (SSSR count). The molecule has 2 N–H and O–H groups in total. The molecular weight excluding hydrogens is 278 g/mol. The Kier molecular flexibility index (Phi) is 7.30. The summed E-state index contributed by atoms with van der Waals surface area (Å²) >= 11 is 0. The molecule has 0 aromatic carbocycles. The third kappa shape index (κ3) is 4.35. The first-order valence-corrected chi connectivity index (χ1v) is 7.53. The highest BCUT2D eigenvalue weighted by Gasteiger charge is 2.32. The highest BCUT2D eigenvalue weighted by molar-refractivity contribution is 5.88. The number of halogens is 1. The predicted octanol–water partition coefficient (Wildman–Crippen LogP) is 1.07. The van der Waals surface area contributed by atoms with E-state index in [4.69, 9.17) is 0 Å². The van der Waals surface area contributed by atoms with Gasteiger partial charge in [0.1, 0.15) is 6.04 Å². The lowest BCUT2D eigenvalue weighted by Gasteiger charge is -2.36. The van der Waals surface area contributed by atoms with Crippen LogP contribution in [-0.4, -0.2) is 48.4 Å². The van der Waals surface area contributed by atoms with Crippen molar-refractivity contribution in [1.82, 2.24) is 15.5 Å². The Hall–Kier alpha value is -0.810. The third-order valence-electron chi connectivity index (χ3n) is 4.07. The first-order valence-electron chi connectivity index (χ1n) is 7.53. The Bertz CT molecular complexity index is 332. The van der Waals surface area contributed by atoms with Crippen LogP contribution < -0.4 is 10.6 Å². The summed E-state index contributed by atoms with van der Waals surface area (Å²) < 4.78 is 0. The maximum atomic E-state index is 12.4. The van der Waals surface area contributed by atoms with E-state index in [9.17, 15) is 9.59 Å². The van der Waals surface area contributed by atoms with Crippen LogP contribution in [-0.2, 0) is 9.59 Å². The number of piperidine rings is 2. The van der Waals surface area contributed by atoms with Gasteiger partial charge in [-0.3, -0.25) is 9.59 Å². The Morgan fingerprint density at radius 1 is 1.25 bits per heavy atom. The number of nitrogens with zero attached hydrogens (tertiary/aromatic N) is 1. The van der Waals surface area contributed by atoms with Gasteiger partial charge in [-0.25, -0.2) is 0 Å². The summed E-state index contributed by atoms with van der Waals surface area (Å²) in [5.41, 5.74) is 0. The summed E-state index contributed by atoms with van der Waals surface area (Å²) in [5.74, 6) is 0.136. The molecule has 0 bridgehead atoms. The van der Waals surface area contributed by atoms with E-state index in [1.54, 1.807) is 4.90 Å². The highest BCUT2D eigenvalue weighted by Crippen LogP contribution is 2.18. The Morgan fingerprint density at radius 2 is 2.05 bits per heavy atom. The maximum Gasteiger partial charge on any atom is 0.243 e. The van der Waals surface area contributed by atoms with Gasteiger partial charge in [0.2, 0.25) is 11.8 Å². The Labute approximate surface area is 127 Å². The average molecular weight is 304 g/mol. The van der Waals surface area contributed by atoms with Crippen LogP contribution in [0.15, 0.2) is 0 Å². The molecule has 0 saturated carbocycles. The summed E-state index contributed by atoms with van der Waals surface area (Å²) in [4.78, 5) is 26.0. The summed E-state index contributed by atoms with van der Waals surface area (Å²) in [6, 6.07) is -0.0233. The quantitative estimate of drug-likeness (QED) is 0.820. The molecule has 116 valence electrons. The Balaban J connectivity index is 0.00000200. The zero-order chi connectivity index (χ0) is 13.7. The second-order valence-electron chi connectivity index (χ2n) is 5.50. The second kappa shape index (κ2) is 8.47. The minimum absolute atomic E-state index is 0. The number of hydrogen-bond donors (Lipinski definition) is 2. The molecule has 2 aliphatic rings. The number of nitrogens with one attached hydrogen (secondary N) is 2. The van der Waals surface area contributed by atoms with Gasteiger partial charge in [-0.15, -0.1) is 12.4 Å². The van der Waals surface area contributed by atoms with Crippen LogP contribution in [0.1, 0.15) is 45.4 Å². The van der Waals surface area contributed by atoms with Gasteiger partial charge >= 0.3 is 0 Å². The number of amides is 2. The van der Waals surface area contributed by atoms with Crippen LogP contribution in [0.3, 0.4) is 0 Å². The smallest absolute Gasteiger partial charge is 0.243 e. The molecule has 2 aliphatic heterocycles. The molecule has 2 fully saturated rings.